The van der Waals surface area contributed by atoms with Gasteiger partial charge >= 0.3 is 0 Å². The third-order valence-electron chi connectivity index (χ3n) is 4.58. The van der Waals surface area contributed by atoms with Gasteiger partial charge in [-0.1, -0.05) is 36.4 Å². The molecule has 24 heavy (non-hydrogen) atoms. The van der Waals surface area contributed by atoms with Gasteiger partial charge in [0, 0.05) is 23.6 Å². The molecule has 3 rings (SSSR count). The topological polar surface area (TPSA) is 89.3 Å². The van der Waals surface area contributed by atoms with Gasteiger partial charge in [-0.3, -0.25) is 10.1 Å². The molecule has 0 aromatic heterocycles. The number of benzene rings is 2. The average molecular weight is 346 g/mol. The van der Waals surface area contributed by atoms with E-state index in [0.717, 1.165) is 18.4 Å². The first-order valence-electron chi connectivity index (χ1n) is 7.65. The molecule has 1 aliphatic rings. The van der Waals surface area contributed by atoms with Crippen LogP contribution in [0, 0.1) is 17.0 Å². The number of nitrogens with one attached hydrogen (secondary N) is 1. The number of hydrogen-bond donors (Lipinski definition) is 1. The van der Waals surface area contributed by atoms with Gasteiger partial charge in [-0.15, -0.1) is 0 Å². The third-order valence-corrected chi connectivity index (χ3v) is 6.13. The first kappa shape index (κ1) is 16.6. The minimum Gasteiger partial charge on any atom is -0.258 e. The van der Waals surface area contributed by atoms with Crippen LogP contribution in [-0.4, -0.2) is 19.9 Å². The van der Waals surface area contributed by atoms with E-state index in [1.54, 1.807) is 0 Å². The monoisotopic (exact) mass is 346 g/mol. The Bertz CT molecular complexity index is 875. The Hall–Kier alpha value is -2.25. The molecule has 0 aliphatic heterocycles. The fourth-order valence-electron chi connectivity index (χ4n) is 2.91. The molecule has 7 heteroatoms. The molecular formula is C17H18N2O4S. The van der Waals surface area contributed by atoms with E-state index in [2.05, 4.69) is 4.72 Å². The second-order valence-electron chi connectivity index (χ2n) is 6.13. The smallest absolute Gasteiger partial charge is 0.258 e. The van der Waals surface area contributed by atoms with Crippen molar-refractivity contribution in [1.82, 2.24) is 4.72 Å². The fourth-order valence-corrected chi connectivity index (χ4v) is 4.30. The Labute approximate surface area is 140 Å². The number of nitro groups is 1. The Morgan fingerprint density at radius 3 is 2.38 bits per heavy atom. The molecule has 1 N–H and O–H groups in total. The van der Waals surface area contributed by atoms with Crippen LogP contribution in [0.15, 0.2) is 53.4 Å². The molecule has 0 heterocycles. The van der Waals surface area contributed by atoms with E-state index >= 15 is 0 Å². The van der Waals surface area contributed by atoms with Crippen molar-refractivity contribution in [2.75, 3.05) is 6.54 Å². The van der Waals surface area contributed by atoms with E-state index in [9.17, 15) is 18.5 Å². The lowest BCUT2D eigenvalue weighted by molar-refractivity contribution is -0.385. The molecule has 0 bridgehead atoms. The predicted octanol–water partition coefficient (Wildman–Crippen LogP) is 2.91. The maximum atomic E-state index is 12.6. The molecule has 1 saturated carbocycles. The van der Waals surface area contributed by atoms with Gasteiger partial charge in [-0.2, -0.15) is 0 Å². The van der Waals surface area contributed by atoms with Gasteiger partial charge in [0.05, 0.1) is 9.82 Å². The van der Waals surface area contributed by atoms with Gasteiger partial charge in [0.25, 0.3) is 5.69 Å². The summed E-state index contributed by atoms with van der Waals surface area (Å²) in [7, 11) is -3.80. The Morgan fingerprint density at radius 2 is 1.79 bits per heavy atom. The van der Waals surface area contributed by atoms with Crippen LogP contribution in [0.4, 0.5) is 5.69 Å². The van der Waals surface area contributed by atoms with Crippen LogP contribution in [0.1, 0.15) is 24.0 Å². The standard InChI is InChI=1S/C17H18N2O4S/c1-13-15(19(20)21)8-5-9-16(13)24(22,23)18-12-17(10-11-17)14-6-3-2-4-7-14/h2-9,18H,10-12H2,1H3. The zero-order valence-corrected chi connectivity index (χ0v) is 14.0. The maximum Gasteiger partial charge on any atom is 0.273 e. The highest BCUT2D eigenvalue weighted by Gasteiger charge is 2.44. The van der Waals surface area contributed by atoms with E-state index in [1.165, 1.54) is 25.1 Å². The van der Waals surface area contributed by atoms with E-state index in [4.69, 9.17) is 0 Å². The van der Waals surface area contributed by atoms with Crippen molar-refractivity contribution in [3.63, 3.8) is 0 Å². The normalized spacial score (nSPS) is 15.9. The van der Waals surface area contributed by atoms with Crippen LogP contribution in [0.3, 0.4) is 0 Å². The molecule has 2 aromatic rings. The van der Waals surface area contributed by atoms with Crippen molar-refractivity contribution in [2.45, 2.75) is 30.1 Å². The number of hydrogen-bond acceptors (Lipinski definition) is 4. The van der Waals surface area contributed by atoms with Crippen LogP contribution < -0.4 is 4.72 Å². The molecule has 1 fully saturated rings. The van der Waals surface area contributed by atoms with E-state index in [0.29, 0.717) is 6.54 Å². The van der Waals surface area contributed by atoms with Crippen LogP contribution in [0.25, 0.3) is 0 Å². The average Bonchev–Trinajstić information content (AvgIpc) is 3.35. The molecule has 0 atom stereocenters. The summed E-state index contributed by atoms with van der Waals surface area (Å²) in [5.74, 6) is 0. The second kappa shape index (κ2) is 5.99. The first-order valence-corrected chi connectivity index (χ1v) is 9.13. The lowest BCUT2D eigenvalue weighted by Gasteiger charge is -2.17. The van der Waals surface area contributed by atoms with Crippen LogP contribution in [0.5, 0.6) is 0 Å². The van der Waals surface area contributed by atoms with Gasteiger partial charge in [-0.25, -0.2) is 13.1 Å². The Balaban J connectivity index is 1.83. The lowest BCUT2D eigenvalue weighted by atomic mass is 9.96. The van der Waals surface area contributed by atoms with Crippen molar-refractivity contribution >= 4 is 15.7 Å². The number of nitro benzene ring substituents is 1. The van der Waals surface area contributed by atoms with Gasteiger partial charge in [0.15, 0.2) is 0 Å². The summed E-state index contributed by atoms with van der Waals surface area (Å²) >= 11 is 0. The fraction of sp³-hybridized carbons (Fsp3) is 0.294. The quantitative estimate of drug-likeness (QED) is 0.643. The third kappa shape index (κ3) is 3.05. The molecule has 1 aliphatic carbocycles. The van der Waals surface area contributed by atoms with E-state index < -0.39 is 14.9 Å². The highest BCUT2D eigenvalue weighted by Crippen LogP contribution is 2.47. The van der Waals surface area contributed by atoms with Gasteiger partial charge in [0.2, 0.25) is 10.0 Å². The zero-order valence-electron chi connectivity index (χ0n) is 13.2. The van der Waals surface area contributed by atoms with Gasteiger partial charge in [-0.05, 0) is 31.4 Å². The predicted molar refractivity (Wildman–Crippen MR) is 90.4 cm³/mol. The summed E-state index contributed by atoms with van der Waals surface area (Å²) in [5, 5.41) is 11.0. The molecular weight excluding hydrogens is 328 g/mol. The molecule has 2 aromatic carbocycles. The zero-order chi connectivity index (χ0) is 17.4. The largest absolute Gasteiger partial charge is 0.273 e. The Morgan fingerprint density at radius 1 is 1.12 bits per heavy atom. The van der Waals surface area contributed by atoms with E-state index in [1.807, 2.05) is 30.3 Å². The summed E-state index contributed by atoms with van der Waals surface area (Å²) < 4.78 is 27.8. The highest BCUT2D eigenvalue weighted by molar-refractivity contribution is 7.89. The van der Waals surface area contributed by atoms with Crippen LogP contribution >= 0.6 is 0 Å². The lowest BCUT2D eigenvalue weighted by Crippen LogP contribution is -2.32. The van der Waals surface area contributed by atoms with Crippen LogP contribution in [0.2, 0.25) is 0 Å². The van der Waals surface area contributed by atoms with Gasteiger partial charge < -0.3 is 0 Å². The van der Waals surface area contributed by atoms with Crippen molar-refractivity contribution in [1.29, 1.82) is 0 Å². The molecule has 6 nitrogen and oxygen atoms in total. The van der Waals surface area contributed by atoms with Crippen molar-refractivity contribution < 1.29 is 13.3 Å². The summed E-state index contributed by atoms with van der Waals surface area (Å²) in [6.07, 6.45) is 1.85. The SMILES string of the molecule is Cc1c([N+](=O)[O-])cccc1S(=O)(=O)NCC1(c2ccccc2)CC1. The maximum absolute atomic E-state index is 12.6. The second-order valence-corrected chi connectivity index (χ2v) is 7.86. The molecule has 0 radical (unpaired) electrons. The van der Waals surface area contributed by atoms with E-state index in [-0.39, 0.29) is 21.6 Å². The highest BCUT2D eigenvalue weighted by atomic mass is 32.2. The summed E-state index contributed by atoms with van der Waals surface area (Å²) in [6, 6.07) is 13.9. The minimum absolute atomic E-state index is 0.0411. The minimum atomic E-state index is -3.80. The number of sulfonamides is 1. The number of rotatable bonds is 6. The van der Waals surface area contributed by atoms with Gasteiger partial charge in [0.1, 0.15) is 0 Å². The van der Waals surface area contributed by atoms with Crippen molar-refractivity contribution in [2.24, 2.45) is 0 Å². The first-order chi connectivity index (χ1) is 11.4. The van der Waals surface area contributed by atoms with Crippen molar-refractivity contribution in [3.8, 4) is 0 Å². The summed E-state index contributed by atoms with van der Waals surface area (Å²) in [6.45, 7) is 1.75. The van der Waals surface area contributed by atoms with Crippen molar-refractivity contribution in [3.05, 3.63) is 69.8 Å². The summed E-state index contributed by atoms with van der Waals surface area (Å²) in [4.78, 5) is 10.4. The molecule has 0 amide bonds. The molecule has 0 spiro atoms. The Kier molecular flexibility index (Phi) is 4.15. The number of nitrogens with zero attached hydrogens (tertiary/aromatic N) is 1. The summed E-state index contributed by atoms with van der Waals surface area (Å²) in [5.41, 5.74) is 0.910. The molecule has 0 saturated heterocycles. The molecule has 0 unspecified atom stereocenters. The van der Waals surface area contributed by atoms with Crippen LogP contribution in [-0.2, 0) is 15.4 Å². The molecule has 126 valence electrons.